The van der Waals surface area contributed by atoms with E-state index in [9.17, 15) is 0 Å². The van der Waals surface area contributed by atoms with Crippen LogP contribution in [0.5, 0.6) is 0 Å². The highest BCUT2D eigenvalue weighted by atomic mass is 14.9. The lowest BCUT2D eigenvalue weighted by Gasteiger charge is -2.21. The Bertz CT molecular complexity index is 3730. The van der Waals surface area contributed by atoms with Gasteiger partial charge in [0.25, 0.3) is 0 Å². The molecular formula is C61H41N3. The summed E-state index contributed by atoms with van der Waals surface area (Å²) in [6.07, 6.45) is 0. The minimum absolute atomic E-state index is 0.149. The Balaban J connectivity index is 0.909. The Hall–Kier alpha value is -8.14. The Morgan fingerprint density at radius 2 is 0.750 bits per heavy atom. The van der Waals surface area contributed by atoms with Crippen molar-refractivity contribution in [2.24, 2.45) is 0 Å². The second-order valence-electron chi connectivity index (χ2n) is 17.8. The fraction of sp³-hybridized carbons (Fsp3) is 0.0492. The fourth-order valence-corrected chi connectivity index (χ4v) is 10.5. The lowest BCUT2D eigenvalue weighted by molar-refractivity contribution is 0.660. The van der Waals surface area contributed by atoms with Crippen LogP contribution in [0.15, 0.2) is 212 Å². The smallest absolute Gasteiger partial charge is 0.160 e. The average molecular weight is 816 g/mol. The largest absolute Gasteiger partial charge is 0.308 e. The summed E-state index contributed by atoms with van der Waals surface area (Å²) in [5.41, 5.74) is 21.0. The third-order valence-corrected chi connectivity index (χ3v) is 13.8. The number of para-hydroxylation sites is 1. The summed E-state index contributed by atoms with van der Waals surface area (Å²) in [6.45, 7) is 4.68. The van der Waals surface area contributed by atoms with Crippen molar-refractivity contribution in [2.45, 2.75) is 19.3 Å². The molecule has 0 saturated heterocycles. The molecule has 0 atom stereocenters. The van der Waals surface area contributed by atoms with Crippen molar-refractivity contribution in [1.29, 1.82) is 0 Å². The van der Waals surface area contributed by atoms with E-state index in [4.69, 9.17) is 9.97 Å². The maximum absolute atomic E-state index is 5.18. The first-order chi connectivity index (χ1) is 31.5. The Morgan fingerprint density at radius 1 is 0.328 bits per heavy atom. The first-order valence-corrected chi connectivity index (χ1v) is 22.1. The number of hydrogen-bond donors (Lipinski definition) is 0. The van der Waals surface area contributed by atoms with Crippen molar-refractivity contribution in [3.05, 3.63) is 223 Å². The van der Waals surface area contributed by atoms with Crippen molar-refractivity contribution in [1.82, 2.24) is 14.4 Å². The maximum atomic E-state index is 5.18. The van der Waals surface area contributed by atoms with Crippen molar-refractivity contribution in [3.8, 4) is 78.4 Å². The Morgan fingerprint density at radius 3 is 1.31 bits per heavy atom. The van der Waals surface area contributed by atoms with Crippen LogP contribution in [0, 0.1) is 0 Å². The molecule has 1 aliphatic rings. The van der Waals surface area contributed by atoms with E-state index in [1.807, 2.05) is 12.1 Å². The van der Waals surface area contributed by atoms with Crippen LogP contribution in [0.25, 0.3) is 117 Å². The van der Waals surface area contributed by atoms with Crippen molar-refractivity contribution >= 4 is 38.1 Å². The molecule has 300 valence electrons. The van der Waals surface area contributed by atoms with Gasteiger partial charge in [-0.05, 0) is 92.0 Å². The van der Waals surface area contributed by atoms with Crippen molar-refractivity contribution in [2.75, 3.05) is 0 Å². The number of benzene rings is 9. The molecule has 0 aliphatic heterocycles. The Kier molecular flexibility index (Phi) is 7.95. The Labute approximate surface area is 372 Å². The van der Waals surface area contributed by atoms with E-state index >= 15 is 0 Å². The van der Waals surface area contributed by atoms with Crippen LogP contribution in [0.4, 0.5) is 0 Å². The molecule has 3 heterocycles. The van der Waals surface area contributed by atoms with Gasteiger partial charge in [-0.1, -0.05) is 190 Å². The number of fused-ring (bicyclic) bond motifs is 9. The zero-order valence-electron chi connectivity index (χ0n) is 35.5. The van der Waals surface area contributed by atoms with Gasteiger partial charge in [-0.25, -0.2) is 9.97 Å². The standard InChI is InChI=1S/C61H41N3/c1-61(2)53-30-26-43(33-51(53)52-34-46(27-31-54(52)61)60-62-55(39-16-8-4-9-17-39)37-56(63-60)40-18-10-5-11-19-40)41-20-12-21-42(32-41)45-25-29-48-50-23-13-22-49-47-28-24-44(38-14-6-3-7-15-38)35-57(47)64(59(49)50)58(48)36-45/h3-37H,1-2H3. The molecule has 0 spiro atoms. The molecule has 3 aromatic heterocycles. The predicted molar refractivity (Wildman–Crippen MR) is 267 cm³/mol. The van der Waals surface area contributed by atoms with Crippen molar-refractivity contribution in [3.63, 3.8) is 0 Å². The minimum Gasteiger partial charge on any atom is -0.308 e. The van der Waals surface area contributed by atoms with Gasteiger partial charge in [0.15, 0.2) is 5.82 Å². The van der Waals surface area contributed by atoms with Gasteiger partial charge in [0.05, 0.1) is 27.9 Å². The highest BCUT2D eigenvalue weighted by Gasteiger charge is 2.36. The minimum atomic E-state index is -0.149. The maximum Gasteiger partial charge on any atom is 0.160 e. The van der Waals surface area contributed by atoms with E-state index in [0.717, 1.165) is 33.9 Å². The molecule has 0 bridgehead atoms. The van der Waals surface area contributed by atoms with Crippen LogP contribution in [-0.4, -0.2) is 14.4 Å². The van der Waals surface area contributed by atoms with Crippen LogP contribution in [0.3, 0.4) is 0 Å². The highest BCUT2D eigenvalue weighted by molar-refractivity contribution is 6.23. The first-order valence-electron chi connectivity index (χ1n) is 22.1. The van der Waals surface area contributed by atoms with Crippen molar-refractivity contribution < 1.29 is 0 Å². The van der Waals surface area contributed by atoms with E-state index in [1.165, 1.54) is 93.7 Å². The SMILES string of the molecule is CC1(C)c2ccc(-c3cccc(-c4ccc5c6cccc7c8ccc(-c9ccccc9)cc8n(c5c4)c76)c3)cc2-c2cc(-c3nc(-c4ccccc4)cc(-c4ccccc4)n3)ccc21. The van der Waals surface area contributed by atoms with Gasteiger partial charge in [-0.3, -0.25) is 0 Å². The van der Waals surface area contributed by atoms with E-state index in [0.29, 0.717) is 0 Å². The van der Waals surface area contributed by atoms with E-state index < -0.39 is 0 Å². The monoisotopic (exact) mass is 815 g/mol. The predicted octanol–water partition coefficient (Wildman–Crippen LogP) is 15.9. The van der Waals surface area contributed by atoms with Gasteiger partial charge in [-0.15, -0.1) is 0 Å². The molecule has 3 heteroatoms. The molecule has 0 unspecified atom stereocenters. The van der Waals surface area contributed by atoms with E-state index in [1.54, 1.807) is 0 Å². The summed E-state index contributed by atoms with van der Waals surface area (Å²) in [5.74, 6) is 0.723. The molecule has 0 amide bonds. The normalized spacial score (nSPS) is 13.0. The van der Waals surface area contributed by atoms with Gasteiger partial charge in [0, 0.05) is 43.7 Å². The van der Waals surface area contributed by atoms with E-state index in [-0.39, 0.29) is 5.41 Å². The summed E-state index contributed by atoms with van der Waals surface area (Å²) in [6, 6.07) is 77.2. The third kappa shape index (κ3) is 5.60. The summed E-state index contributed by atoms with van der Waals surface area (Å²) in [7, 11) is 0. The molecular weight excluding hydrogens is 775 g/mol. The van der Waals surface area contributed by atoms with Gasteiger partial charge < -0.3 is 4.40 Å². The van der Waals surface area contributed by atoms with E-state index in [2.05, 4.69) is 218 Å². The van der Waals surface area contributed by atoms with Gasteiger partial charge in [0.2, 0.25) is 0 Å². The molecule has 0 N–H and O–H groups in total. The molecule has 3 nitrogen and oxygen atoms in total. The van der Waals surface area contributed by atoms with Crippen LogP contribution >= 0.6 is 0 Å². The molecule has 0 saturated carbocycles. The van der Waals surface area contributed by atoms with Gasteiger partial charge in [0.1, 0.15) is 0 Å². The molecule has 0 fully saturated rings. The van der Waals surface area contributed by atoms with Crippen LogP contribution in [0.2, 0.25) is 0 Å². The number of aromatic nitrogens is 3. The van der Waals surface area contributed by atoms with Gasteiger partial charge >= 0.3 is 0 Å². The molecule has 12 aromatic rings. The molecule has 1 aliphatic carbocycles. The topological polar surface area (TPSA) is 30.2 Å². The quantitative estimate of drug-likeness (QED) is 0.167. The summed E-state index contributed by atoms with van der Waals surface area (Å²) in [5, 5.41) is 5.15. The zero-order chi connectivity index (χ0) is 42.5. The average Bonchev–Trinajstić information content (AvgIpc) is 3.96. The van der Waals surface area contributed by atoms with Crippen LogP contribution < -0.4 is 0 Å². The lowest BCUT2D eigenvalue weighted by Crippen LogP contribution is -2.14. The second kappa shape index (κ2) is 13.9. The third-order valence-electron chi connectivity index (χ3n) is 13.8. The fourth-order valence-electron chi connectivity index (χ4n) is 10.5. The zero-order valence-corrected chi connectivity index (χ0v) is 35.5. The van der Waals surface area contributed by atoms with Crippen LogP contribution in [0.1, 0.15) is 25.0 Å². The van der Waals surface area contributed by atoms with Gasteiger partial charge in [-0.2, -0.15) is 0 Å². The molecule has 13 rings (SSSR count). The molecule has 64 heavy (non-hydrogen) atoms. The summed E-state index contributed by atoms with van der Waals surface area (Å²) >= 11 is 0. The summed E-state index contributed by atoms with van der Waals surface area (Å²) in [4.78, 5) is 10.4. The highest BCUT2D eigenvalue weighted by Crippen LogP contribution is 2.51. The second-order valence-corrected chi connectivity index (χ2v) is 17.8. The molecule has 0 radical (unpaired) electrons. The number of rotatable bonds is 6. The lowest BCUT2D eigenvalue weighted by atomic mass is 9.82. The number of hydrogen-bond acceptors (Lipinski definition) is 2. The first kappa shape index (κ1) is 36.5. The number of nitrogens with zero attached hydrogens (tertiary/aromatic N) is 3. The summed E-state index contributed by atoms with van der Waals surface area (Å²) < 4.78 is 2.49. The molecule has 9 aromatic carbocycles. The van der Waals surface area contributed by atoms with Crippen LogP contribution in [-0.2, 0) is 5.41 Å².